The van der Waals surface area contributed by atoms with Crippen molar-refractivity contribution in [2.45, 2.75) is 19.9 Å². The minimum absolute atomic E-state index is 0. The maximum absolute atomic E-state index is 11.2. The second-order valence-corrected chi connectivity index (χ2v) is 5.39. The number of benzene rings is 1. The predicted molar refractivity (Wildman–Crippen MR) is 118 cm³/mol. The Morgan fingerprint density at radius 1 is 1.07 bits per heavy atom. The Hall–Kier alpha value is -1.59. The molecule has 0 saturated heterocycles. The van der Waals surface area contributed by atoms with Crippen LogP contribution in [0.4, 0.5) is 10.5 Å². The minimum Gasteiger partial charge on any atom is -0.453 e. The van der Waals surface area contributed by atoms with Gasteiger partial charge in [-0.3, -0.25) is 5.32 Å². The first-order chi connectivity index (χ1) is 12.7. The molecule has 0 aliphatic heterocycles. The summed E-state index contributed by atoms with van der Waals surface area (Å²) in [7, 11) is 2.99. The summed E-state index contributed by atoms with van der Waals surface area (Å²) in [5.41, 5.74) is 1.73. The fraction of sp³-hybridized carbons (Fsp3) is 0.556. The van der Waals surface area contributed by atoms with Crippen molar-refractivity contribution < 1.29 is 19.0 Å². The molecule has 0 heterocycles. The van der Waals surface area contributed by atoms with Crippen LogP contribution in [0.15, 0.2) is 29.3 Å². The molecule has 0 radical (unpaired) electrons. The van der Waals surface area contributed by atoms with Crippen LogP contribution in [0.25, 0.3) is 0 Å². The lowest BCUT2D eigenvalue weighted by molar-refractivity contribution is 0.0698. The fourth-order valence-electron chi connectivity index (χ4n) is 2.00. The van der Waals surface area contributed by atoms with E-state index in [0.717, 1.165) is 31.0 Å². The predicted octanol–water partition coefficient (Wildman–Crippen LogP) is 2.59. The number of anilines is 1. The molecule has 0 saturated carbocycles. The molecule has 1 aromatic carbocycles. The van der Waals surface area contributed by atoms with Gasteiger partial charge in [0.05, 0.1) is 26.9 Å². The normalized spacial score (nSPS) is 10.7. The fourth-order valence-corrected chi connectivity index (χ4v) is 2.00. The number of rotatable bonds is 11. The molecule has 0 aliphatic rings. The third kappa shape index (κ3) is 12.4. The molecule has 0 fully saturated rings. The van der Waals surface area contributed by atoms with Crippen molar-refractivity contribution in [2.24, 2.45) is 4.99 Å². The Balaban J connectivity index is 0.00000676. The van der Waals surface area contributed by atoms with E-state index in [1.165, 1.54) is 7.11 Å². The van der Waals surface area contributed by atoms with Crippen LogP contribution in [-0.4, -0.2) is 59.2 Å². The van der Waals surface area contributed by atoms with Crippen molar-refractivity contribution in [2.75, 3.05) is 52.4 Å². The van der Waals surface area contributed by atoms with Crippen molar-refractivity contribution >= 4 is 41.7 Å². The van der Waals surface area contributed by atoms with Gasteiger partial charge in [0.1, 0.15) is 0 Å². The third-order valence-corrected chi connectivity index (χ3v) is 3.34. The van der Waals surface area contributed by atoms with Gasteiger partial charge in [-0.15, -0.1) is 24.0 Å². The molecule has 1 rings (SSSR count). The van der Waals surface area contributed by atoms with Crippen LogP contribution < -0.4 is 16.0 Å². The first-order valence-electron chi connectivity index (χ1n) is 8.72. The largest absolute Gasteiger partial charge is 0.453 e. The van der Waals surface area contributed by atoms with Gasteiger partial charge in [-0.2, -0.15) is 0 Å². The van der Waals surface area contributed by atoms with Gasteiger partial charge in [0.2, 0.25) is 0 Å². The molecule has 154 valence electrons. The van der Waals surface area contributed by atoms with E-state index >= 15 is 0 Å². The SMILES string of the molecule is CCNC(=NCc1ccc(NC(=O)OC)cc1)NCCCOCCOC.I. The average molecular weight is 494 g/mol. The molecule has 3 N–H and O–H groups in total. The van der Waals surface area contributed by atoms with Crippen LogP contribution in [-0.2, 0) is 20.8 Å². The van der Waals surface area contributed by atoms with Crippen molar-refractivity contribution in [1.29, 1.82) is 0 Å². The number of ether oxygens (including phenoxy) is 3. The van der Waals surface area contributed by atoms with Gasteiger partial charge < -0.3 is 24.8 Å². The summed E-state index contributed by atoms with van der Waals surface area (Å²) < 4.78 is 14.9. The number of hydrogen-bond donors (Lipinski definition) is 3. The second-order valence-electron chi connectivity index (χ2n) is 5.39. The zero-order valence-electron chi connectivity index (χ0n) is 16.2. The topological polar surface area (TPSA) is 93.2 Å². The van der Waals surface area contributed by atoms with Gasteiger partial charge in [0, 0.05) is 32.5 Å². The van der Waals surface area contributed by atoms with Crippen molar-refractivity contribution in [3.63, 3.8) is 0 Å². The molecule has 0 bridgehead atoms. The number of amides is 1. The molecule has 0 aliphatic carbocycles. The maximum atomic E-state index is 11.2. The van der Waals surface area contributed by atoms with Crippen LogP contribution in [0, 0.1) is 0 Å². The molecular formula is C18H31IN4O4. The Morgan fingerprint density at radius 2 is 1.81 bits per heavy atom. The van der Waals surface area contributed by atoms with Crippen molar-refractivity contribution in [3.05, 3.63) is 29.8 Å². The first-order valence-corrected chi connectivity index (χ1v) is 8.72. The van der Waals surface area contributed by atoms with Gasteiger partial charge in [0.25, 0.3) is 0 Å². The molecule has 0 unspecified atom stereocenters. The van der Waals surface area contributed by atoms with Crippen molar-refractivity contribution in [1.82, 2.24) is 10.6 Å². The minimum atomic E-state index is -0.486. The van der Waals surface area contributed by atoms with E-state index in [1.54, 1.807) is 7.11 Å². The van der Waals surface area contributed by atoms with Crippen molar-refractivity contribution in [3.8, 4) is 0 Å². The first kappa shape index (κ1) is 25.4. The van der Waals surface area contributed by atoms with Crippen LogP contribution in [0.3, 0.4) is 0 Å². The highest BCUT2D eigenvalue weighted by molar-refractivity contribution is 14.0. The molecule has 1 aromatic rings. The summed E-state index contributed by atoms with van der Waals surface area (Å²) in [5, 5.41) is 9.11. The van der Waals surface area contributed by atoms with Crippen LogP contribution in [0.1, 0.15) is 18.9 Å². The lowest BCUT2D eigenvalue weighted by Crippen LogP contribution is -2.38. The van der Waals surface area contributed by atoms with Gasteiger partial charge in [0.15, 0.2) is 5.96 Å². The lowest BCUT2D eigenvalue weighted by atomic mass is 10.2. The Morgan fingerprint density at radius 3 is 2.44 bits per heavy atom. The van der Waals surface area contributed by atoms with Crippen LogP contribution in [0.5, 0.6) is 0 Å². The quantitative estimate of drug-likeness (QED) is 0.190. The number of hydrogen-bond acceptors (Lipinski definition) is 5. The highest BCUT2D eigenvalue weighted by Crippen LogP contribution is 2.10. The number of aliphatic imine (C=N–C) groups is 1. The molecular weight excluding hydrogens is 463 g/mol. The molecule has 9 heteroatoms. The van der Waals surface area contributed by atoms with Gasteiger partial charge in [-0.25, -0.2) is 9.79 Å². The van der Waals surface area contributed by atoms with Gasteiger partial charge >= 0.3 is 6.09 Å². The summed E-state index contributed by atoms with van der Waals surface area (Å²) in [5.74, 6) is 0.765. The third-order valence-electron chi connectivity index (χ3n) is 3.34. The standard InChI is InChI=1S/C18H30N4O4.HI/c1-4-19-17(20-10-5-11-26-13-12-24-2)21-14-15-6-8-16(9-7-15)22-18(23)25-3;/h6-9H,4-5,10-14H2,1-3H3,(H,22,23)(H2,19,20,21);1H. The molecule has 1 amide bonds. The van der Waals surface area contributed by atoms with Gasteiger partial charge in [-0.05, 0) is 31.0 Å². The number of nitrogens with zero attached hydrogens (tertiary/aromatic N) is 1. The summed E-state index contributed by atoms with van der Waals surface area (Å²) in [6.45, 7) is 6.05. The number of methoxy groups -OCH3 is 2. The summed E-state index contributed by atoms with van der Waals surface area (Å²) in [6, 6.07) is 7.48. The number of halogens is 1. The van der Waals surface area contributed by atoms with E-state index in [0.29, 0.717) is 32.1 Å². The zero-order valence-corrected chi connectivity index (χ0v) is 18.6. The molecule has 0 spiro atoms. The summed E-state index contributed by atoms with van der Waals surface area (Å²) in [6.07, 6.45) is 0.405. The Labute approximate surface area is 178 Å². The average Bonchev–Trinajstić information content (AvgIpc) is 2.66. The molecule has 0 atom stereocenters. The number of guanidine groups is 1. The van der Waals surface area contributed by atoms with E-state index in [2.05, 4.69) is 25.7 Å². The highest BCUT2D eigenvalue weighted by Gasteiger charge is 2.01. The Bertz CT molecular complexity index is 541. The number of nitrogens with one attached hydrogen (secondary N) is 3. The lowest BCUT2D eigenvalue weighted by Gasteiger charge is -2.11. The zero-order chi connectivity index (χ0) is 19.0. The number of carbonyl (C=O) groups excluding carboxylic acids is 1. The van der Waals surface area contributed by atoms with Crippen LogP contribution in [0.2, 0.25) is 0 Å². The Kier molecular flexibility index (Phi) is 15.6. The maximum Gasteiger partial charge on any atom is 0.411 e. The summed E-state index contributed by atoms with van der Waals surface area (Å²) in [4.78, 5) is 15.7. The molecule has 8 nitrogen and oxygen atoms in total. The van der Waals surface area contributed by atoms with E-state index in [4.69, 9.17) is 9.47 Å². The molecule has 27 heavy (non-hydrogen) atoms. The smallest absolute Gasteiger partial charge is 0.411 e. The second kappa shape index (κ2) is 16.6. The summed E-state index contributed by atoms with van der Waals surface area (Å²) >= 11 is 0. The van der Waals surface area contributed by atoms with E-state index in [9.17, 15) is 4.79 Å². The van der Waals surface area contributed by atoms with Gasteiger partial charge in [-0.1, -0.05) is 12.1 Å². The van der Waals surface area contributed by atoms with Crippen LogP contribution >= 0.6 is 24.0 Å². The van der Waals surface area contributed by atoms with E-state index in [1.807, 2.05) is 31.2 Å². The number of carbonyl (C=O) groups is 1. The van der Waals surface area contributed by atoms with E-state index < -0.39 is 6.09 Å². The molecule has 0 aromatic heterocycles. The van der Waals surface area contributed by atoms with E-state index in [-0.39, 0.29) is 24.0 Å². The highest BCUT2D eigenvalue weighted by atomic mass is 127. The monoisotopic (exact) mass is 494 g/mol.